The topological polar surface area (TPSA) is 38.3 Å². The Balaban J connectivity index is 1.61. The maximum atomic E-state index is 13.6. The van der Waals surface area contributed by atoms with Gasteiger partial charge in [-0.15, -0.1) is 0 Å². The maximum absolute atomic E-state index is 13.6. The Morgan fingerprint density at radius 3 is 1.90 bits per heavy atom. The van der Waals surface area contributed by atoms with Gasteiger partial charge in [-0.25, -0.2) is 0 Å². The first kappa shape index (κ1) is 18.0. The second-order valence-corrected chi connectivity index (χ2v) is 8.00. The molecular formula is C26H25NO2. The maximum Gasteiger partial charge on any atom is 0.228 e. The van der Waals surface area contributed by atoms with Crippen LogP contribution in [0.1, 0.15) is 47.4 Å². The van der Waals surface area contributed by atoms with E-state index in [1.165, 1.54) is 22.3 Å². The molecule has 0 aliphatic heterocycles. The number of rotatable bonds is 4. The van der Waals surface area contributed by atoms with Crippen molar-refractivity contribution in [3.63, 3.8) is 0 Å². The van der Waals surface area contributed by atoms with Crippen LogP contribution in [0, 0.1) is 11.8 Å². The van der Waals surface area contributed by atoms with E-state index >= 15 is 0 Å². The molecule has 3 aromatic carbocycles. The van der Waals surface area contributed by atoms with E-state index in [2.05, 4.69) is 60.8 Å². The summed E-state index contributed by atoms with van der Waals surface area (Å²) in [5.41, 5.74) is 6.13. The smallest absolute Gasteiger partial charge is 0.228 e. The second-order valence-electron chi connectivity index (χ2n) is 8.00. The van der Waals surface area contributed by atoms with E-state index in [1.807, 2.05) is 24.3 Å². The van der Waals surface area contributed by atoms with E-state index < -0.39 is 0 Å². The third-order valence-corrected chi connectivity index (χ3v) is 6.72. The number of benzene rings is 3. The molecule has 3 heteroatoms. The minimum Gasteiger partial charge on any atom is -0.495 e. The predicted molar refractivity (Wildman–Crippen MR) is 115 cm³/mol. The number of hydrogen-bond donors (Lipinski definition) is 1. The summed E-state index contributed by atoms with van der Waals surface area (Å²) in [4.78, 5) is 13.6. The van der Waals surface area contributed by atoms with E-state index in [9.17, 15) is 4.79 Å². The van der Waals surface area contributed by atoms with Crippen molar-refractivity contribution >= 4 is 11.6 Å². The van der Waals surface area contributed by atoms with Crippen molar-refractivity contribution in [1.82, 2.24) is 0 Å². The van der Waals surface area contributed by atoms with Gasteiger partial charge in [0, 0.05) is 11.8 Å². The fourth-order valence-corrected chi connectivity index (χ4v) is 5.59. The first-order valence-electron chi connectivity index (χ1n) is 10.4. The molecule has 3 aromatic rings. The number of carbonyl (C=O) groups excluding carboxylic acids is 1. The van der Waals surface area contributed by atoms with E-state index in [1.54, 1.807) is 7.11 Å². The fraction of sp³-hybridized carbons (Fsp3) is 0.269. The SMILES string of the molecule is CCC1C2c3ccccc3C(c3ccccc32)C1C(=O)Nc1ccccc1OC. The largest absolute Gasteiger partial charge is 0.495 e. The molecule has 29 heavy (non-hydrogen) atoms. The zero-order chi connectivity index (χ0) is 20.0. The number of fused-ring (bicyclic) bond motifs is 1. The summed E-state index contributed by atoms with van der Waals surface area (Å²) in [6.45, 7) is 2.21. The molecule has 3 nitrogen and oxygen atoms in total. The lowest BCUT2D eigenvalue weighted by molar-refractivity contribution is -0.122. The van der Waals surface area contributed by atoms with Crippen LogP contribution in [-0.4, -0.2) is 13.0 Å². The molecule has 0 fully saturated rings. The zero-order valence-electron chi connectivity index (χ0n) is 16.8. The first-order chi connectivity index (χ1) is 14.2. The minimum absolute atomic E-state index is 0.0837. The number of carbonyl (C=O) groups is 1. The van der Waals surface area contributed by atoms with Crippen molar-refractivity contribution in [2.24, 2.45) is 11.8 Å². The van der Waals surface area contributed by atoms with Gasteiger partial charge in [-0.1, -0.05) is 74.0 Å². The highest BCUT2D eigenvalue weighted by Crippen LogP contribution is 2.59. The molecule has 0 aromatic heterocycles. The van der Waals surface area contributed by atoms with E-state index in [4.69, 9.17) is 4.74 Å². The van der Waals surface area contributed by atoms with Crippen molar-refractivity contribution in [3.05, 3.63) is 95.1 Å². The predicted octanol–water partition coefficient (Wildman–Crippen LogP) is 5.57. The standard InChI is InChI=1S/C26H25NO2/c1-3-16-23-17-10-4-6-12-19(17)24(20-13-7-5-11-18(20)23)25(16)26(28)27-21-14-8-9-15-22(21)29-2/h4-16,23-25H,3H2,1-2H3,(H,27,28). The van der Waals surface area contributed by atoms with Crippen LogP contribution in [0.5, 0.6) is 5.75 Å². The van der Waals surface area contributed by atoms with Crippen LogP contribution in [0.15, 0.2) is 72.8 Å². The van der Waals surface area contributed by atoms with Gasteiger partial charge < -0.3 is 10.1 Å². The Hall–Kier alpha value is -3.07. The summed E-state index contributed by atoms with van der Waals surface area (Å²) in [7, 11) is 1.63. The highest BCUT2D eigenvalue weighted by Gasteiger charge is 2.51. The molecule has 2 atom stereocenters. The Morgan fingerprint density at radius 2 is 1.34 bits per heavy atom. The lowest BCUT2D eigenvalue weighted by atomic mass is 9.53. The number of amides is 1. The molecule has 2 bridgehead atoms. The Kier molecular flexibility index (Phi) is 4.39. The lowest BCUT2D eigenvalue weighted by Gasteiger charge is -2.50. The van der Waals surface area contributed by atoms with Gasteiger partial charge in [0.25, 0.3) is 0 Å². The number of anilines is 1. The minimum atomic E-state index is -0.0975. The van der Waals surface area contributed by atoms with Crippen LogP contribution in [0.4, 0.5) is 5.69 Å². The Morgan fingerprint density at radius 1 is 0.828 bits per heavy atom. The number of nitrogens with one attached hydrogen (secondary N) is 1. The number of methoxy groups -OCH3 is 1. The van der Waals surface area contributed by atoms with Gasteiger partial charge in [0.05, 0.1) is 18.7 Å². The molecule has 0 saturated heterocycles. The summed E-state index contributed by atoms with van der Waals surface area (Å²) in [5.74, 6) is 1.31. The quantitative estimate of drug-likeness (QED) is 0.640. The van der Waals surface area contributed by atoms with Gasteiger partial charge in [0.15, 0.2) is 0 Å². The Labute approximate surface area is 171 Å². The van der Waals surface area contributed by atoms with Crippen molar-refractivity contribution in [2.75, 3.05) is 12.4 Å². The highest BCUT2D eigenvalue weighted by molar-refractivity contribution is 5.96. The van der Waals surface area contributed by atoms with Crippen LogP contribution < -0.4 is 10.1 Å². The first-order valence-corrected chi connectivity index (χ1v) is 10.4. The Bertz CT molecular complexity index is 1030. The van der Waals surface area contributed by atoms with Crippen LogP contribution >= 0.6 is 0 Å². The average molecular weight is 383 g/mol. The zero-order valence-corrected chi connectivity index (χ0v) is 16.8. The van der Waals surface area contributed by atoms with Crippen molar-refractivity contribution < 1.29 is 9.53 Å². The summed E-state index contributed by atoms with van der Waals surface area (Å²) in [5, 5.41) is 3.18. The number of ether oxygens (including phenoxy) is 1. The number of hydrogen-bond acceptors (Lipinski definition) is 2. The molecule has 3 aliphatic carbocycles. The highest BCUT2D eigenvalue weighted by atomic mass is 16.5. The lowest BCUT2D eigenvalue weighted by Crippen LogP contribution is -2.45. The molecule has 0 radical (unpaired) electrons. The van der Waals surface area contributed by atoms with E-state index in [0.717, 1.165) is 12.1 Å². The molecule has 146 valence electrons. The van der Waals surface area contributed by atoms with Crippen LogP contribution in [0.3, 0.4) is 0 Å². The molecule has 1 amide bonds. The summed E-state index contributed by atoms with van der Waals surface area (Å²) >= 11 is 0. The second kappa shape index (κ2) is 7.07. The van der Waals surface area contributed by atoms with Crippen LogP contribution in [0.2, 0.25) is 0 Å². The molecular weight excluding hydrogens is 358 g/mol. The third kappa shape index (κ3) is 2.68. The summed E-state index contributed by atoms with van der Waals surface area (Å²) < 4.78 is 5.45. The van der Waals surface area contributed by atoms with Crippen LogP contribution in [0.25, 0.3) is 0 Å². The van der Waals surface area contributed by atoms with Crippen LogP contribution in [-0.2, 0) is 4.79 Å². The monoisotopic (exact) mass is 383 g/mol. The van der Waals surface area contributed by atoms with Crippen molar-refractivity contribution in [1.29, 1.82) is 0 Å². The van der Waals surface area contributed by atoms with Gasteiger partial charge in [-0.2, -0.15) is 0 Å². The van der Waals surface area contributed by atoms with Gasteiger partial charge >= 0.3 is 0 Å². The molecule has 0 spiro atoms. The van der Waals surface area contributed by atoms with Crippen molar-refractivity contribution in [3.8, 4) is 5.75 Å². The average Bonchev–Trinajstić information content (AvgIpc) is 2.78. The van der Waals surface area contributed by atoms with Gasteiger partial charge in [0.1, 0.15) is 5.75 Å². The molecule has 2 unspecified atom stereocenters. The van der Waals surface area contributed by atoms with E-state index in [-0.39, 0.29) is 29.6 Å². The summed E-state index contributed by atoms with van der Waals surface area (Å²) in [6, 6.07) is 25.0. The van der Waals surface area contributed by atoms with Crippen molar-refractivity contribution in [2.45, 2.75) is 25.2 Å². The molecule has 6 rings (SSSR count). The number of para-hydroxylation sites is 2. The molecule has 3 aliphatic rings. The summed E-state index contributed by atoms with van der Waals surface area (Å²) in [6.07, 6.45) is 0.966. The van der Waals surface area contributed by atoms with Gasteiger partial charge in [0.2, 0.25) is 5.91 Å². The third-order valence-electron chi connectivity index (χ3n) is 6.72. The van der Waals surface area contributed by atoms with E-state index in [0.29, 0.717) is 5.75 Å². The fourth-order valence-electron chi connectivity index (χ4n) is 5.59. The molecule has 1 N–H and O–H groups in total. The normalized spacial score (nSPS) is 23.8. The van der Waals surface area contributed by atoms with Gasteiger partial charge in [-0.05, 0) is 40.3 Å². The van der Waals surface area contributed by atoms with Gasteiger partial charge in [-0.3, -0.25) is 4.79 Å². The molecule has 0 saturated carbocycles. The molecule has 0 heterocycles.